The van der Waals surface area contributed by atoms with E-state index in [0.29, 0.717) is 86.4 Å². The number of nitrogens with one attached hydrogen (secondary N) is 1. The average molecular weight is 544 g/mol. The van der Waals surface area contributed by atoms with Gasteiger partial charge < -0.3 is 15.0 Å². The van der Waals surface area contributed by atoms with Crippen LogP contribution in [0.1, 0.15) is 50.8 Å². The summed E-state index contributed by atoms with van der Waals surface area (Å²) < 4.78 is 49.0. The molecular weight excluding hydrogens is 507 g/mol. The van der Waals surface area contributed by atoms with Gasteiger partial charge in [0.15, 0.2) is 5.82 Å². The number of imidazole rings is 1. The number of para-hydroxylation sites is 2. The minimum absolute atomic E-state index is 0.333. The van der Waals surface area contributed by atoms with Crippen molar-refractivity contribution in [2.45, 2.75) is 57.2 Å². The molecule has 1 saturated carbocycles. The van der Waals surface area contributed by atoms with E-state index in [2.05, 4.69) is 20.1 Å². The van der Waals surface area contributed by atoms with Gasteiger partial charge in [-0.2, -0.15) is 9.97 Å². The van der Waals surface area contributed by atoms with Gasteiger partial charge in [-0.05, 0) is 63.1 Å². The highest BCUT2D eigenvalue weighted by Crippen LogP contribution is 2.31. The number of ether oxygens (including phenoxy) is 1. The third-order valence-corrected chi connectivity index (χ3v) is 8.32. The lowest BCUT2D eigenvalue weighted by molar-refractivity contribution is 0.0723. The number of rotatable bonds is 7. The molecule has 2 saturated heterocycles. The number of piperidine rings is 1. The third kappa shape index (κ3) is 5.84. The first-order valence-electron chi connectivity index (χ1n) is 14.1. The molecule has 3 fully saturated rings. The van der Waals surface area contributed by atoms with E-state index in [1.807, 2.05) is 6.07 Å². The van der Waals surface area contributed by atoms with Crippen LogP contribution < -0.4 is 10.2 Å². The second-order valence-corrected chi connectivity index (χ2v) is 10.9. The lowest BCUT2D eigenvalue weighted by Crippen LogP contribution is -2.45. The van der Waals surface area contributed by atoms with Gasteiger partial charge in [-0.3, -0.25) is 9.47 Å². The number of hydrogen-bond acceptors (Lipinski definition) is 7. The summed E-state index contributed by atoms with van der Waals surface area (Å²) in [5.74, 6) is 1.59. The first-order valence-corrected chi connectivity index (χ1v) is 14.1. The van der Waals surface area contributed by atoms with Crippen molar-refractivity contribution in [2.24, 2.45) is 5.92 Å². The Morgan fingerprint density at radius 2 is 1.72 bits per heavy atom. The predicted molar refractivity (Wildman–Crippen MR) is 145 cm³/mol. The van der Waals surface area contributed by atoms with Gasteiger partial charge in [0.1, 0.15) is 17.8 Å². The van der Waals surface area contributed by atoms with Crippen LogP contribution in [0.3, 0.4) is 0 Å². The van der Waals surface area contributed by atoms with Crippen molar-refractivity contribution >= 4 is 22.8 Å². The number of hydrogen-bond donors (Lipinski definition) is 1. The van der Waals surface area contributed by atoms with Gasteiger partial charge in [0.25, 0.3) is 6.43 Å². The molecule has 0 amide bonds. The number of anilines is 2. The van der Waals surface area contributed by atoms with E-state index in [1.165, 1.54) is 4.57 Å². The van der Waals surface area contributed by atoms with Crippen molar-refractivity contribution in [3.63, 3.8) is 0 Å². The molecule has 4 heterocycles. The number of benzene rings is 1. The molecule has 3 aliphatic rings. The standard InChI is InChI=1S/C28H36F3N7O/c29-20-4-3-11-37(18-20)21-9-7-19(8-10-21)17-32-28-34-24(36-12-14-39-15-13-36)16-25(35-28)38-23-6-2-1-5-22(23)33-27(38)26(30)31/h1-2,5-6,16,19-21,26H,3-4,7-15,17-18H2,(H,32,34,35). The lowest BCUT2D eigenvalue weighted by Gasteiger charge is -2.39. The summed E-state index contributed by atoms with van der Waals surface area (Å²) >= 11 is 0. The van der Waals surface area contributed by atoms with Crippen molar-refractivity contribution in [1.82, 2.24) is 24.4 Å². The Balaban J connectivity index is 1.22. The molecule has 6 rings (SSSR count). The summed E-state index contributed by atoms with van der Waals surface area (Å²) in [7, 11) is 0. The van der Waals surface area contributed by atoms with Gasteiger partial charge in [0.05, 0.1) is 24.2 Å². The molecule has 2 aliphatic heterocycles. The first-order chi connectivity index (χ1) is 19.0. The summed E-state index contributed by atoms with van der Waals surface area (Å²) in [5.41, 5.74) is 1.08. The minimum atomic E-state index is -2.75. The van der Waals surface area contributed by atoms with E-state index in [0.717, 1.165) is 38.6 Å². The molecule has 210 valence electrons. The van der Waals surface area contributed by atoms with Gasteiger partial charge in [-0.1, -0.05) is 12.1 Å². The fraction of sp³-hybridized carbons (Fsp3) is 0.607. The van der Waals surface area contributed by atoms with Crippen molar-refractivity contribution in [3.05, 3.63) is 36.2 Å². The second kappa shape index (κ2) is 11.7. The normalized spacial score (nSPS) is 24.9. The van der Waals surface area contributed by atoms with E-state index >= 15 is 0 Å². The van der Waals surface area contributed by atoms with Crippen LogP contribution in [0.5, 0.6) is 0 Å². The molecule has 0 bridgehead atoms. The van der Waals surface area contributed by atoms with Crippen molar-refractivity contribution in [1.29, 1.82) is 0 Å². The Labute approximate surface area is 226 Å². The number of halogens is 3. The van der Waals surface area contributed by atoms with Gasteiger partial charge in [-0.15, -0.1) is 0 Å². The molecule has 1 aliphatic carbocycles. The fourth-order valence-corrected chi connectivity index (χ4v) is 6.24. The summed E-state index contributed by atoms with van der Waals surface area (Å²) in [5, 5.41) is 3.42. The Hall–Kier alpha value is -2.92. The molecule has 1 unspecified atom stereocenters. The van der Waals surface area contributed by atoms with Crippen LogP contribution in [0.25, 0.3) is 16.9 Å². The molecule has 0 spiro atoms. The smallest absolute Gasteiger partial charge is 0.296 e. The molecule has 3 aromatic rings. The van der Waals surface area contributed by atoms with E-state index < -0.39 is 12.6 Å². The first kappa shape index (κ1) is 26.3. The number of fused-ring (bicyclic) bond motifs is 1. The molecule has 0 radical (unpaired) electrons. The van der Waals surface area contributed by atoms with Crippen molar-refractivity contribution in [3.8, 4) is 5.82 Å². The average Bonchev–Trinajstić information content (AvgIpc) is 3.37. The van der Waals surface area contributed by atoms with Crippen LogP contribution in [0.2, 0.25) is 0 Å². The Kier molecular flexibility index (Phi) is 7.87. The summed E-state index contributed by atoms with van der Waals surface area (Å²) in [6.45, 7) is 4.79. The maximum absolute atomic E-state index is 14.1. The Morgan fingerprint density at radius 1 is 0.949 bits per heavy atom. The number of aromatic nitrogens is 4. The zero-order valence-corrected chi connectivity index (χ0v) is 22.1. The van der Waals surface area contributed by atoms with E-state index in [4.69, 9.17) is 14.7 Å². The molecule has 2 aromatic heterocycles. The fourth-order valence-electron chi connectivity index (χ4n) is 6.24. The molecule has 8 nitrogen and oxygen atoms in total. The summed E-state index contributed by atoms with van der Waals surface area (Å²) in [6.07, 6.45) is 2.44. The predicted octanol–water partition coefficient (Wildman–Crippen LogP) is 4.99. The van der Waals surface area contributed by atoms with Crippen LogP contribution in [-0.2, 0) is 4.74 Å². The largest absolute Gasteiger partial charge is 0.378 e. The monoisotopic (exact) mass is 543 g/mol. The molecule has 1 atom stereocenters. The summed E-state index contributed by atoms with van der Waals surface area (Å²) in [4.78, 5) is 18.1. The highest BCUT2D eigenvalue weighted by molar-refractivity contribution is 5.78. The van der Waals surface area contributed by atoms with Crippen LogP contribution >= 0.6 is 0 Å². The maximum Gasteiger partial charge on any atom is 0.296 e. The number of likely N-dealkylation sites (tertiary alicyclic amines) is 1. The zero-order valence-electron chi connectivity index (χ0n) is 22.1. The highest BCUT2D eigenvalue weighted by Gasteiger charge is 2.30. The lowest BCUT2D eigenvalue weighted by atomic mass is 9.84. The van der Waals surface area contributed by atoms with E-state index in [-0.39, 0.29) is 5.82 Å². The maximum atomic E-state index is 14.1. The van der Waals surface area contributed by atoms with Crippen molar-refractivity contribution < 1.29 is 17.9 Å². The van der Waals surface area contributed by atoms with E-state index in [9.17, 15) is 13.2 Å². The van der Waals surface area contributed by atoms with Crippen LogP contribution in [-0.4, -0.2) is 82.6 Å². The number of alkyl halides is 3. The minimum Gasteiger partial charge on any atom is -0.378 e. The molecular formula is C28H36F3N7O. The van der Waals surface area contributed by atoms with Gasteiger partial charge in [-0.25, -0.2) is 18.2 Å². The molecule has 11 heteroatoms. The second-order valence-electron chi connectivity index (χ2n) is 10.9. The van der Waals surface area contributed by atoms with Crippen LogP contribution in [0.15, 0.2) is 30.3 Å². The topological polar surface area (TPSA) is 71.3 Å². The zero-order chi connectivity index (χ0) is 26.8. The van der Waals surface area contributed by atoms with Gasteiger partial charge >= 0.3 is 0 Å². The molecule has 39 heavy (non-hydrogen) atoms. The number of morpholine rings is 1. The summed E-state index contributed by atoms with van der Waals surface area (Å²) in [6, 6.07) is 9.34. The molecule has 1 N–H and O–H groups in total. The third-order valence-electron chi connectivity index (χ3n) is 8.32. The SMILES string of the molecule is FC1CCCN(C2CCC(CNc3nc(N4CCOCC4)cc(-n4c(C(F)F)nc5ccccc54)n3)CC2)C1. The quantitative estimate of drug-likeness (QED) is 0.450. The highest BCUT2D eigenvalue weighted by atomic mass is 19.3. The Bertz CT molecular complexity index is 1260. The van der Waals surface area contributed by atoms with Gasteiger partial charge in [0, 0.05) is 38.3 Å². The van der Waals surface area contributed by atoms with E-state index in [1.54, 1.807) is 24.3 Å². The Morgan fingerprint density at radius 3 is 2.49 bits per heavy atom. The van der Waals surface area contributed by atoms with Crippen LogP contribution in [0.4, 0.5) is 24.9 Å². The van der Waals surface area contributed by atoms with Crippen LogP contribution in [0, 0.1) is 5.92 Å². The van der Waals surface area contributed by atoms with Crippen molar-refractivity contribution in [2.75, 3.05) is 56.2 Å². The van der Waals surface area contributed by atoms with Gasteiger partial charge in [0.2, 0.25) is 5.95 Å². The number of nitrogens with zero attached hydrogens (tertiary/aromatic N) is 6. The molecule has 1 aromatic carbocycles.